The van der Waals surface area contributed by atoms with Crippen LogP contribution in [0, 0.1) is 0 Å². The third-order valence-electron chi connectivity index (χ3n) is 0.671. The van der Waals surface area contributed by atoms with E-state index in [0.717, 1.165) is 0 Å². The van der Waals surface area contributed by atoms with Crippen LogP contribution in [0.3, 0.4) is 0 Å². The van der Waals surface area contributed by atoms with Gasteiger partial charge in [-0.3, -0.25) is 0 Å². The van der Waals surface area contributed by atoms with Crippen molar-refractivity contribution in [2.45, 2.75) is 13.8 Å². The molecule has 0 aromatic heterocycles. The van der Waals surface area contributed by atoms with Gasteiger partial charge in [0, 0.05) is 0 Å². The van der Waals surface area contributed by atoms with Crippen molar-refractivity contribution in [2.24, 2.45) is 3.95 Å². The maximum atomic E-state index is 10.6. The zero-order valence-electron chi connectivity index (χ0n) is 5.60. The monoisotopic (exact) mass is 370 g/mol. The zero-order valence-corrected chi connectivity index (χ0v) is 9.91. The molecule has 10 heavy (non-hydrogen) atoms. The second-order valence-corrected chi connectivity index (χ2v) is 8.47. The Bertz CT molecular complexity index is 143. The van der Waals surface area contributed by atoms with E-state index in [4.69, 9.17) is 3.95 Å². The van der Waals surface area contributed by atoms with Gasteiger partial charge in [-0.25, -0.2) is 0 Å². The minimum atomic E-state index is -2.26. The molecule has 6 heteroatoms. The summed E-state index contributed by atoms with van der Waals surface area (Å²) in [7, 11) is 0. The van der Waals surface area contributed by atoms with Gasteiger partial charge in [-0.15, -0.1) is 0 Å². The van der Waals surface area contributed by atoms with Crippen LogP contribution in [0.25, 0.3) is 0 Å². The Morgan fingerprint density at radius 3 is 2.00 bits per heavy atom. The second-order valence-electron chi connectivity index (χ2n) is 1.51. The second kappa shape index (κ2) is 4.44. The van der Waals surface area contributed by atoms with Crippen molar-refractivity contribution in [1.82, 2.24) is 1.33 Å². The Labute approximate surface area is 81.1 Å². The summed E-state index contributed by atoms with van der Waals surface area (Å²) in [5, 5.41) is 0. The summed E-state index contributed by atoms with van der Waals surface area (Å²) in [4.78, 5) is 21.3. The van der Waals surface area contributed by atoms with Gasteiger partial charge in [-0.05, 0) is 0 Å². The molecule has 0 bridgehead atoms. The Balaban J connectivity index is 4.07. The van der Waals surface area contributed by atoms with Crippen molar-refractivity contribution in [2.75, 3.05) is 0 Å². The van der Waals surface area contributed by atoms with E-state index in [1.807, 2.05) is 0 Å². The van der Waals surface area contributed by atoms with Crippen LogP contribution >= 0.6 is 43.2 Å². The number of carbonyl (C=O) groups is 2. The normalized spacial score (nSPS) is 10.6. The predicted octanol–water partition coefficient (Wildman–Crippen LogP) is 1.03. The molecule has 0 heterocycles. The van der Waals surface area contributed by atoms with Gasteiger partial charge in [0.25, 0.3) is 0 Å². The average molecular weight is 370 g/mol. The van der Waals surface area contributed by atoms with Gasteiger partial charge < -0.3 is 0 Å². The summed E-state index contributed by atoms with van der Waals surface area (Å²) in [5.41, 5.74) is 0. The fourth-order valence-corrected chi connectivity index (χ4v) is 3.28. The first-order valence-electron chi connectivity index (χ1n) is 2.38. The third kappa shape index (κ3) is 3.10. The SMILES string of the molecule is CC(=O)N(I)I(N)C(C)=O. The van der Waals surface area contributed by atoms with Crippen molar-refractivity contribution in [3.8, 4) is 0 Å². The maximum absolute atomic E-state index is 10.6. The van der Waals surface area contributed by atoms with Gasteiger partial charge in [0.15, 0.2) is 0 Å². The van der Waals surface area contributed by atoms with Crippen LogP contribution in [-0.4, -0.2) is 11.0 Å². The molecule has 0 radical (unpaired) electrons. The molecule has 2 N–H and O–H groups in total. The fourth-order valence-electron chi connectivity index (χ4n) is 0.233. The molecule has 0 spiro atoms. The fraction of sp³-hybridized carbons (Fsp3) is 0.500. The third-order valence-corrected chi connectivity index (χ3v) is 7.13. The molecule has 4 nitrogen and oxygen atoms in total. The van der Waals surface area contributed by atoms with E-state index < -0.39 is 20.4 Å². The molecular weight excluding hydrogens is 362 g/mol. The molecule has 0 aromatic rings. The van der Waals surface area contributed by atoms with Crippen LogP contribution in [-0.2, 0) is 9.59 Å². The quantitative estimate of drug-likeness (QED) is 0.449. The number of nitrogens with two attached hydrogens (primary N) is 1. The van der Waals surface area contributed by atoms with Gasteiger partial charge in [0.05, 0.1) is 0 Å². The summed E-state index contributed by atoms with van der Waals surface area (Å²) < 4.78 is 6.73. The van der Waals surface area contributed by atoms with E-state index in [1.54, 1.807) is 22.9 Å². The molecular formula is C4H8I2N2O2. The van der Waals surface area contributed by atoms with Gasteiger partial charge in [0.1, 0.15) is 0 Å². The Morgan fingerprint density at radius 1 is 1.50 bits per heavy atom. The summed E-state index contributed by atoms with van der Waals surface area (Å²) in [6.07, 6.45) is 0. The van der Waals surface area contributed by atoms with Crippen LogP contribution in [0.15, 0.2) is 0 Å². The zero-order chi connectivity index (χ0) is 8.31. The summed E-state index contributed by atoms with van der Waals surface area (Å²) in [6, 6.07) is 0. The molecule has 0 aromatic carbocycles. The van der Waals surface area contributed by atoms with Crippen molar-refractivity contribution < 1.29 is 9.59 Å². The van der Waals surface area contributed by atoms with E-state index in [9.17, 15) is 9.59 Å². The van der Waals surface area contributed by atoms with Crippen molar-refractivity contribution in [3.05, 3.63) is 0 Å². The molecule has 0 saturated heterocycles. The molecule has 60 valence electrons. The topological polar surface area (TPSA) is 63.4 Å². The Morgan fingerprint density at radius 2 is 1.90 bits per heavy atom. The first kappa shape index (κ1) is 10.6. The van der Waals surface area contributed by atoms with E-state index in [0.29, 0.717) is 0 Å². The number of halogens is 2. The number of rotatable bonds is 2. The number of nitrogens with zero attached hydrogens (tertiary/aromatic N) is 1. The van der Waals surface area contributed by atoms with Crippen molar-refractivity contribution >= 4 is 52.9 Å². The first-order chi connectivity index (χ1) is 4.46. The molecule has 0 rings (SSSR count). The molecule has 0 aliphatic carbocycles. The molecule has 0 atom stereocenters. The predicted molar refractivity (Wildman–Crippen MR) is 55.4 cm³/mol. The average Bonchev–Trinajstić information content (AvgIpc) is 1.84. The van der Waals surface area contributed by atoms with E-state index in [2.05, 4.69) is 0 Å². The molecule has 1 amide bonds. The Hall–Kier alpha value is 0.560. The van der Waals surface area contributed by atoms with Gasteiger partial charge in [0.2, 0.25) is 0 Å². The van der Waals surface area contributed by atoms with E-state index in [1.165, 1.54) is 15.2 Å². The summed E-state index contributed by atoms with van der Waals surface area (Å²) in [5.74, 6) is -0.150. The number of amides is 1. The van der Waals surface area contributed by atoms with Gasteiger partial charge >= 0.3 is 81.6 Å². The Kier molecular flexibility index (Phi) is 4.69. The van der Waals surface area contributed by atoms with Crippen molar-refractivity contribution in [3.63, 3.8) is 0 Å². The molecule has 0 saturated carbocycles. The summed E-state index contributed by atoms with van der Waals surface area (Å²) >= 11 is -0.480. The standard InChI is InChI=1S/C4H8I2N2O2/c1-3(9)6(7)8(5)4(2)10/h7H2,1-2H3. The first-order valence-corrected chi connectivity index (χ1v) is 6.63. The van der Waals surface area contributed by atoms with Crippen LogP contribution in [0.2, 0.25) is 0 Å². The summed E-state index contributed by atoms with van der Waals surface area (Å²) in [6.45, 7) is 2.81. The van der Waals surface area contributed by atoms with Gasteiger partial charge in [-0.2, -0.15) is 0 Å². The number of hydrogen-bond donors (Lipinski definition) is 1. The number of carbonyl (C=O) groups excluding carboxylic acids is 2. The van der Waals surface area contributed by atoms with E-state index in [-0.39, 0.29) is 9.70 Å². The molecule has 0 unspecified atom stereocenters. The molecule has 0 fully saturated rings. The van der Waals surface area contributed by atoms with Crippen molar-refractivity contribution in [1.29, 1.82) is 0 Å². The number of hydrogen-bond acceptors (Lipinski definition) is 3. The van der Waals surface area contributed by atoms with Crippen LogP contribution in [0.4, 0.5) is 0 Å². The van der Waals surface area contributed by atoms with Crippen LogP contribution < -0.4 is 3.95 Å². The minimum absolute atomic E-state index is 0.0613. The van der Waals surface area contributed by atoms with E-state index >= 15 is 0 Å². The molecule has 0 aliphatic rings. The van der Waals surface area contributed by atoms with Gasteiger partial charge in [-0.1, -0.05) is 0 Å². The van der Waals surface area contributed by atoms with Crippen LogP contribution in [0.5, 0.6) is 0 Å². The molecule has 0 aliphatic heterocycles. The van der Waals surface area contributed by atoms with Crippen LogP contribution in [0.1, 0.15) is 13.8 Å².